The van der Waals surface area contributed by atoms with E-state index in [-0.39, 0.29) is 31.2 Å². The Morgan fingerprint density at radius 3 is 2.53 bits per heavy atom. The molecular weight excluding hydrogens is 494 g/mol. The summed E-state index contributed by atoms with van der Waals surface area (Å²) < 4.78 is 12.4. The highest BCUT2D eigenvalue weighted by Gasteiger charge is 2.31. The average Bonchev–Trinajstić information content (AvgIpc) is 2.91. The first-order chi connectivity index (χ1) is 18.2. The molecule has 0 fully saturated rings. The molecule has 0 saturated carbocycles. The van der Waals surface area contributed by atoms with Crippen molar-refractivity contribution in [1.82, 2.24) is 9.88 Å². The molecule has 1 heterocycles. The van der Waals surface area contributed by atoms with Gasteiger partial charge >= 0.3 is 0 Å². The van der Waals surface area contributed by atoms with Crippen LogP contribution in [-0.2, 0) is 16.1 Å². The maximum absolute atomic E-state index is 13.1. The topological polar surface area (TPSA) is 176 Å². The SMILES string of the molecule is C=C(O)C(O)C(O)C(OCCO)Oc1ccc(-c2ccc3ccn(CC(=O)NCCN)c(=O)c3c2)cc1C. The Bertz CT molecular complexity index is 1340. The second-order valence-electron chi connectivity index (χ2n) is 8.68. The van der Waals surface area contributed by atoms with Crippen molar-refractivity contribution in [2.45, 2.75) is 32.0 Å². The first-order valence-electron chi connectivity index (χ1n) is 12.0. The van der Waals surface area contributed by atoms with Crippen LogP contribution < -0.4 is 21.3 Å². The Labute approximate surface area is 219 Å². The fraction of sp³-hybridized carbons (Fsp3) is 0.333. The highest BCUT2D eigenvalue weighted by atomic mass is 16.7. The normalized spacial score (nSPS) is 13.6. The molecule has 11 nitrogen and oxygen atoms in total. The molecule has 0 bridgehead atoms. The van der Waals surface area contributed by atoms with Gasteiger partial charge in [0.2, 0.25) is 12.2 Å². The van der Waals surface area contributed by atoms with Gasteiger partial charge in [0.15, 0.2) is 0 Å². The van der Waals surface area contributed by atoms with Gasteiger partial charge in [-0.25, -0.2) is 0 Å². The van der Waals surface area contributed by atoms with Gasteiger partial charge in [0.25, 0.3) is 5.56 Å². The lowest BCUT2D eigenvalue weighted by atomic mass is 10.00. The number of aliphatic hydroxyl groups is 4. The number of ether oxygens (including phenoxy) is 2. The van der Waals surface area contributed by atoms with Gasteiger partial charge < -0.3 is 45.5 Å². The van der Waals surface area contributed by atoms with Crippen molar-refractivity contribution >= 4 is 16.7 Å². The first-order valence-corrected chi connectivity index (χ1v) is 12.0. The molecule has 0 saturated heterocycles. The number of benzene rings is 2. The van der Waals surface area contributed by atoms with Gasteiger partial charge in [0.1, 0.15) is 30.3 Å². The molecule has 38 heavy (non-hydrogen) atoms. The highest BCUT2D eigenvalue weighted by Crippen LogP contribution is 2.29. The van der Waals surface area contributed by atoms with Crippen LogP contribution in [0.4, 0.5) is 0 Å². The van der Waals surface area contributed by atoms with Gasteiger partial charge in [0, 0.05) is 24.7 Å². The monoisotopic (exact) mass is 527 g/mol. The zero-order valence-electron chi connectivity index (χ0n) is 21.0. The molecule has 3 rings (SSSR count). The molecule has 204 valence electrons. The minimum Gasteiger partial charge on any atom is -0.510 e. The Morgan fingerprint density at radius 2 is 1.87 bits per heavy atom. The average molecular weight is 528 g/mol. The number of hydrogen-bond acceptors (Lipinski definition) is 9. The van der Waals surface area contributed by atoms with E-state index in [0.717, 1.165) is 16.5 Å². The van der Waals surface area contributed by atoms with Gasteiger partial charge in [-0.05, 0) is 53.3 Å². The Morgan fingerprint density at radius 1 is 1.16 bits per heavy atom. The zero-order chi connectivity index (χ0) is 27.8. The number of nitrogens with zero attached hydrogens (tertiary/aromatic N) is 1. The molecule has 7 N–H and O–H groups in total. The molecule has 0 spiro atoms. The third kappa shape index (κ3) is 6.97. The predicted molar refractivity (Wildman–Crippen MR) is 142 cm³/mol. The highest BCUT2D eigenvalue weighted by molar-refractivity contribution is 5.87. The number of rotatable bonds is 13. The van der Waals surface area contributed by atoms with Gasteiger partial charge in [0.05, 0.1) is 13.2 Å². The van der Waals surface area contributed by atoms with E-state index in [1.165, 1.54) is 4.57 Å². The summed E-state index contributed by atoms with van der Waals surface area (Å²) in [4.78, 5) is 25.1. The smallest absolute Gasteiger partial charge is 0.258 e. The number of hydrogen-bond donors (Lipinski definition) is 6. The van der Waals surface area contributed by atoms with Crippen molar-refractivity contribution in [2.24, 2.45) is 5.73 Å². The Hall–Kier alpha value is -3.74. The summed E-state index contributed by atoms with van der Waals surface area (Å²) >= 11 is 0. The van der Waals surface area contributed by atoms with Gasteiger partial charge in [-0.1, -0.05) is 24.8 Å². The molecule has 0 aliphatic rings. The molecule has 3 unspecified atom stereocenters. The van der Waals surface area contributed by atoms with Crippen LogP contribution in [0.1, 0.15) is 5.56 Å². The van der Waals surface area contributed by atoms with Crippen LogP contribution in [-0.4, -0.2) is 75.7 Å². The van der Waals surface area contributed by atoms with Gasteiger partial charge in [-0.2, -0.15) is 0 Å². The molecule has 11 heteroatoms. The van der Waals surface area contributed by atoms with E-state index in [2.05, 4.69) is 11.9 Å². The molecule has 2 aromatic carbocycles. The van der Waals surface area contributed by atoms with Crippen molar-refractivity contribution in [3.8, 4) is 16.9 Å². The maximum atomic E-state index is 13.1. The van der Waals surface area contributed by atoms with Gasteiger partial charge in [-0.3, -0.25) is 9.59 Å². The summed E-state index contributed by atoms with van der Waals surface area (Å²) in [6, 6.07) is 12.4. The summed E-state index contributed by atoms with van der Waals surface area (Å²) in [7, 11) is 0. The van der Waals surface area contributed by atoms with Crippen molar-refractivity contribution in [2.75, 3.05) is 26.3 Å². The van der Waals surface area contributed by atoms with Crippen molar-refractivity contribution in [1.29, 1.82) is 0 Å². The molecule has 0 aliphatic heterocycles. The second-order valence-corrected chi connectivity index (χ2v) is 8.68. The summed E-state index contributed by atoms with van der Waals surface area (Å²) in [6.45, 7) is 4.97. The second kappa shape index (κ2) is 13.2. The number of aromatic nitrogens is 1. The maximum Gasteiger partial charge on any atom is 0.258 e. The number of fused-ring (bicyclic) bond motifs is 1. The lowest BCUT2D eigenvalue weighted by Gasteiger charge is -2.27. The number of aliphatic hydroxyl groups excluding tert-OH is 4. The number of carbonyl (C=O) groups is 1. The van der Waals surface area contributed by atoms with E-state index >= 15 is 0 Å². The van der Waals surface area contributed by atoms with Crippen molar-refractivity contribution in [3.63, 3.8) is 0 Å². The summed E-state index contributed by atoms with van der Waals surface area (Å²) in [5.74, 6) is -0.628. The summed E-state index contributed by atoms with van der Waals surface area (Å²) in [5, 5.41) is 42.6. The van der Waals surface area contributed by atoms with Gasteiger partial charge in [-0.15, -0.1) is 0 Å². The minimum absolute atomic E-state index is 0.117. The number of nitrogens with one attached hydrogen (secondary N) is 1. The standard InChI is InChI=1S/C27H33N3O8/c1-16-13-19(5-6-22(16)38-27(37-12-11-31)25(35)24(34)17(2)32)20-4-3-18-7-10-30(26(36)21(18)14-20)15-23(33)29-9-8-28/h3-7,10,13-14,24-25,27,31-32,34-35H,2,8-9,11-12,15,28H2,1H3,(H,29,33). The first kappa shape index (κ1) is 28.8. The van der Waals surface area contributed by atoms with E-state index < -0.39 is 24.3 Å². The van der Waals surface area contributed by atoms with E-state index in [1.807, 2.05) is 18.2 Å². The predicted octanol–water partition coefficient (Wildman–Crippen LogP) is 0.559. The van der Waals surface area contributed by atoms with Crippen LogP contribution in [0.2, 0.25) is 0 Å². The van der Waals surface area contributed by atoms with Crippen LogP contribution in [0.3, 0.4) is 0 Å². The quantitative estimate of drug-likeness (QED) is 0.137. The third-order valence-corrected chi connectivity index (χ3v) is 5.83. The molecule has 1 amide bonds. The molecule has 0 aliphatic carbocycles. The molecular formula is C27H33N3O8. The van der Waals surface area contributed by atoms with Crippen LogP contribution in [0, 0.1) is 6.92 Å². The van der Waals surface area contributed by atoms with Crippen molar-refractivity contribution < 1.29 is 34.7 Å². The van der Waals surface area contributed by atoms with Crippen LogP contribution in [0.25, 0.3) is 21.9 Å². The minimum atomic E-state index is -1.72. The summed E-state index contributed by atoms with van der Waals surface area (Å²) in [6.07, 6.45) is -3.20. The fourth-order valence-corrected chi connectivity index (χ4v) is 3.81. The Balaban J connectivity index is 1.87. The largest absolute Gasteiger partial charge is 0.510 e. The number of carbonyl (C=O) groups excluding carboxylic acids is 1. The molecule has 0 radical (unpaired) electrons. The third-order valence-electron chi connectivity index (χ3n) is 5.83. The van der Waals surface area contributed by atoms with E-state index in [0.29, 0.717) is 29.8 Å². The van der Waals surface area contributed by atoms with Crippen molar-refractivity contribution in [3.05, 3.63) is 76.9 Å². The van der Waals surface area contributed by atoms with E-state index in [1.54, 1.807) is 37.4 Å². The van der Waals surface area contributed by atoms with Crippen LogP contribution in [0.15, 0.2) is 65.8 Å². The van der Waals surface area contributed by atoms with Crippen LogP contribution >= 0.6 is 0 Å². The van der Waals surface area contributed by atoms with Crippen LogP contribution in [0.5, 0.6) is 5.75 Å². The molecule has 3 atom stereocenters. The number of nitrogens with two attached hydrogens (primary N) is 1. The number of pyridine rings is 1. The number of amides is 1. The summed E-state index contributed by atoms with van der Waals surface area (Å²) in [5.41, 5.74) is 7.30. The zero-order valence-corrected chi connectivity index (χ0v) is 21.0. The fourth-order valence-electron chi connectivity index (χ4n) is 3.81. The molecule has 1 aromatic heterocycles. The lowest BCUT2D eigenvalue weighted by molar-refractivity contribution is -0.175. The Kier molecular flexibility index (Phi) is 9.99. The number of aryl methyl sites for hydroxylation is 1. The van der Waals surface area contributed by atoms with E-state index in [9.17, 15) is 24.9 Å². The van der Waals surface area contributed by atoms with E-state index in [4.69, 9.17) is 20.3 Å². The molecule has 3 aromatic rings. The lowest BCUT2D eigenvalue weighted by Crippen LogP contribution is -2.44.